The van der Waals surface area contributed by atoms with Crippen molar-refractivity contribution in [3.05, 3.63) is 35.4 Å². The molecule has 1 aromatic rings. The largest absolute Gasteiger partial charge is 0.481 e. The van der Waals surface area contributed by atoms with Crippen LogP contribution in [0.1, 0.15) is 36.8 Å². The van der Waals surface area contributed by atoms with E-state index in [-0.39, 0.29) is 17.7 Å². The van der Waals surface area contributed by atoms with Crippen LogP contribution in [0.15, 0.2) is 24.3 Å². The van der Waals surface area contributed by atoms with Crippen molar-refractivity contribution < 1.29 is 14.7 Å². The number of carbonyl (C=O) groups is 2. The number of carboxylic acids is 1. The third-order valence-corrected chi connectivity index (χ3v) is 4.29. The highest BCUT2D eigenvalue weighted by Gasteiger charge is 2.32. The molecular weight excluding hydrogens is 266 g/mol. The molecule has 2 rings (SSSR count). The molecule has 4 nitrogen and oxygen atoms in total. The highest BCUT2D eigenvalue weighted by molar-refractivity contribution is 5.80. The minimum absolute atomic E-state index is 0.0709. The fraction of sp³-hybridized carbons (Fsp3) is 0.529. The number of nitrogens with zero attached hydrogens (tertiary/aromatic N) is 1. The van der Waals surface area contributed by atoms with Gasteiger partial charge in [-0.3, -0.25) is 9.59 Å². The Morgan fingerprint density at radius 2 is 1.81 bits per heavy atom. The highest BCUT2D eigenvalue weighted by Crippen LogP contribution is 2.30. The second-order valence-corrected chi connectivity index (χ2v) is 6.08. The van der Waals surface area contributed by atoms with Crippen LogP contribution in [0.4, 0.5) is 0 Å². The molecule has 0 bridgehead atoms. The first kappa shape index (κ1) is 15.5. The summed E-state index contributed by atoms with van der Waals surface area (Å²) in [5, 5.41) is 9.11. The van der Waals surface area contributed by atoms with E-state index in [1.807, 2.05) is 31.2 Å². The van der Waals surface area contributed by atoms with Gasteiger partial charge in [0.15, 0.2) is 0 Å². The molecule has 1 aliphatic carbocycles. The van der Waals surface area contributed by atoms with Gasteiger partial charge in [0.1, 0.15) is 0 Å². The zero-order chi connectivity index (χ0) is 15.4. The topological polar surface area (TPSA) is 57.6 Å². The van der Waals surface area contributed by atoms with E-state index < -0.39 is 5.97 Å². The molecule has 1 saturated carbocycles. The van der Waals surface area contributed by atoms with Gasteiger partial charge >= 0.3 is 5.97 Å². The van der Waals surface area contributed by atoms with Gasteiger partial charge in [0.25, 0.3) is 0 Å². The molecular formula is C17H23NO3. The van der Waals surface area contributed by atoms with E-state index >= 15 is 0 Å². The van der Waals surface area contributed by atoms with Crippen molar-refractivity contribution in [2.45, 2.75) is 39.2 Å². The molecule has 0 spiro atoms. The maximum Gasteiger partial charge on any atom is 0.306 e. The van der Waals surface area contributed by atoms with Crippen LogP contribution in [0.5, 0.6) is 0 Å². The van der Waals surface area contributed by atoms with Crippen LogP contribution in [0.25, 0.3) is 0 Å². The van der Waals surface area contributed by atoms with Crippen LogP contribution < -0.4 is 0 Å². The molecule has 0 radical (unpaired) electrons. The van der Waals surface area contributed by atoms with E-state index in [9.17, 15) is 9.59 Å². The number of carbonyl (C=O) groups excluding carboxylic acids is 1. The summed E-state index contributed by atoms with van der Waals surface area (Å²) in [5.74, 6) is -1.20. The van der Waals surface area contributed by atoms with Crippen LogP contribution in [0.3, 0.4) is 0 Å². The van der Waals surface area contributed by atoms with E-state index in [2.05, 4.69) is 0 Å². The molecule has 114 valence electrons. The molecule has 1 aliphatic rings. The maximum atomic E-state index is 12.5. The Kier molecular flexibility index (Phi) is 4.99. The molecule has 21 heavy (non-hydrogen) atoms. The molecule has 4 heteroatoms. The molecule has 0 unspecified atom stereocenters. The summed E-state index contributed by atoms with van der Waals surface area (Å²) < 4.78 is 0. The highest BCUT2D eigenvalue weighted by atomic mass is 16.4. The first-order valence-corrected chi connectivity index (χ1v) is 7.50. The molecule has 0 aromatic heterocycles. The van der Waals surface area contributed by atoms with Gasteiger partial charge in [-0.25, -0.2) is 0 Å². The summed E-state index contributed by atoms with van der Waals surface area (Å²) in [6.45, 7) is 2.61. The minimum Gasteiger partial charge on any atom is -0.481 e. The molecule has 0 saturated heterocycles. The van der Waals surface area contributed by atoms with Crippen molar-refractivity contribution in [2.24, 2.45) is 11.8 Å². The van der Waals surface area contributed by atoms with Crippen molar-refractivity contribution in [2.75, 3.05) is 7.05 Å². The Morgan fingerprint density at radius 3 is 2.43 bits per heavy atom. The van der Waals surface area contributed by atoms with Gasteiger partial charge in [-0.15, -0.1) is 0 Å². The van der Waals surface area contributed by atoms with Gasteiger partial charge in [0.05, 0.1) is 5.92 Å². The number of aliphatic carboxylic acids is 1. The Labute approximate surface area is 125 Å². The average molecular weight is 289 g/mol. The standard InChI is InChI=1S/C17H23NO3/c1-12-6-8-13(9-7-12)11-18(2)16(19)14-4-3-5-15(10-14)17(20)21/h6-9,14-15H,3-5,10-11H2,1-2H3,(H,20,21)/t14-,15+/m0/s1. The smallest absolute Gasteiger partial charge is 0.306 e. The van der Waals surface area contributed by atoms with Crippen molar-refractivity contribution >= 4 is 11.9 Å². The summed E-state index contributed by atoms with van der Waals surface area (Å²) in [6, 6.07) is 8.13. The molecule has 1 aromatic carbocycles. The molecule has 1 fully saturated rings. The summed E-state index contributed by atoms with van der Waals surface area (Å²) >= 11 is 0. The predicted octanol–water partition coefficient (Wildman–Crippen LogP) is 2.84. The summed E-state index contributed by atoms with van der Waals surface area (Å²) in [6.07, 6.45) is 2.81. The zero-order valence-electron chi connectivity index (χ0n) is 12.7. The van der Waals surface area contributed by atoms with Crippen molar-refractivity contribution in [1.82, 2.24) is 4.90 Å². The average Bonchev–Trinajstić information content (AvgIpc) is 2.49. The lowest BCUT2D eigenvalue weighted by Crippen LogP contribution is -2.36. The molecule has 0 heterocycles. The first-order chi connectivity index (χ1) is 9.97. The number of benzene rings is 1. The third-order valence-electron chi connectivity index (χ3n) is 4.29. The number of hydrogen-bond acceptors (Lipinski definition) is 2. The lowest BCUT2D eigenvalue weighted by Gasteiger charge is -2.29. The normalized spacial score (nSPS) is 21.8. The summed E-state index contributed by atoms with van der Waals surface area (Å²) in [4.78, 5) is 25.3. The van der Waals surface area contributed by atoms with E-state index in [1.54, 1.807) is 11.9 Å². The van der Waals surface area contributed by atoms with Crippen LogP contribution in [-0.2, 0) is 16.1 Å². The zero-order valence-corrected chi connectivity index (χ0v) is 12.7. The van der Waals surface area contributed by atoms with Crippen LogP contribution >= 0.6 is 0 Å². The quantitative estimate of drug-likeness (QED) is 0.927. The van der Waals surface area contributed by atoms with Gasteiger partial charge in [-0.1, -0.05) is 36.2 Å². The second kappa shape index (κ2) is 6.74. The number of carboxylic acid groups (broad SMARTS) is 1. The lowest BCUT2D eigenvalue weighted by molar-refractivity contribution is -0.145. The van der Waals surface area contributed by atoms with E-state index in [0.29, 0.717) is 19.4 Å². The Bertz CT molecular complexity index is 509. The predicted molar refractivity (Wildman–Crippen MR) is 80.7 cm³/mol. The van der Waals surface area contributed by atoms with Gasteiger partial charge in [-0.2, -0.15) is 0 Å². The fourth-order valence-corrected chi connectivity index (χ4v) is 3.00. The number of amides is 1. The number of aryl methyl sites for hydroxylation is 1. The summed E-state index contributed by atoms with van der Waals surface area (Å²) in [7, 11) is 1.80. The first-order valence-electron chi connectivity index (χ1n) is 7.50. The minimum atomic E-state index is -0.770. The van der Waals surface area contributed by atoms with E-state index in [0.717, 1.165) is 18.4 Å². The summed E-state index contributed by atoms with van der Waals surface area (Å²) in [5.41, 5.74) is 2.30. The molecule has 0 aliphatic heterocycles. The number of rotatable bonds is 4. The Morgan fingerprint density at radius 1 is 1.19 bits per heavy atom. The Hall–Kier alpha value is -1.84. The SMILES string of the molecule is Cc1ccc(CN(C)C(=O)[C@H]2CCC[C@@H](C(=O)O)C2)cc1. The fourth-order valence-electron chi connectivity index (χ4n) is 3.00. The van der Waals surface area contributed by atoms with Crippen molar-refractivity contribution in [1.29, 1.82) is 0 Å². The van der Waals surface area contributed by atoms with Gasteiger partial charge in [-0.05, 0) is 31.7 Å². The van der Waals surface area contributed by atoms with Crippen LogP contribution in [0, 0.1) is 18.8 Å². The van der Waals surface area contributed by atoms with Crippen LogP contribution in [0.2, 0.25) is 0 Å². The van der Waals surface area contributed by atoms with E-state index in [1.165, 1.54) is 5.56 Å². The van der Waals surface area contributed by atoms with Gasteiger partial charge in [0.2, 0.25) is 5.91 Å². The van der Waals surface area contributed by atoms with Crippen molar-refractivity contribution in [3.63, 3.8) is 0 Å². The monoisotopic (exact) mass is 289 g/mol. The molecule has 1 amide bonds. The maximum absolute atomic E-state index is 12.5. The third kappa shape index (κ3) is 4.06. The van der Waals surface area contributed by atoms with Crippen LogP contribution in [-0.4, -0.2) is 28.9 Å². The molecule has 1 N–H and O–H groups in total. The second-order valence-electron chi connectivity index (χ2n) is 6.08. The number of hydrogen-bond donors (Lipinski definition) is 1. The van der Waals surface area contributed by atoms with Gasteiger partial charge in [0, 0.05) is 19.5 Å². The lowest BCUT2D eigenvalue weighted by atomic mass is 9.81. The van der Waals surface area contributed by atoms with Gasteiger partial charge < -0.3 is 10.0 Å². The van der Waals surface area contributed by atoms with E-state index in [4.69, 9.17) is 5.11 Å². The van der Waals surface area contributed by atoms with Crippen molar-refractivity contribution in [3.8, 4) is 0 Å². The Balaban J connectivity index is 1.95. The molecule has 2 atom stereocenters.